The van der Waals surface area contributed by atoms with Crippen molar-refractivity contribution in [2.45, 2.75) is 39.9 Å². The lowest BCUT2D eigenvalue weighted by molar-refractivity contribution is -0.571. The zero-order valence-corrected chi connectivity index (χ0v) is 35.5. The third-order valence-corrected chi connectivity index (χ3v) is 11.6. The molecule has 11 rings (SSSR count). The number of aromatic nitrogens is 4. The van der Waals surface area contributed by atoms with Crippen molar-refractivity contribution in [3.63, 3.8) is 0 Å². The SMILES string of the molecule is [2H]c1c([2H])c([2H])c(-c2cccc(-c3c([2H])c([2H])c([2H])c([2H])c3[2H])c2-[n+]2[c-]n(-c3cccc(Oc4ccc5c6cccc(-c7c(C([2H])([2H])[2H])cccc7C([2H])([2H])[2H])c6n(-c6cc(C(C)(C)C)ccn6)c5c4)c3)c3ccccc32)c([2H])c1[2H]. The molecule has 0 unspecified atom stereocenters. The van der Waals surface area contributed by atoms with Gasteiger partial charge in [0.25, 0.3) is 6.33 Å². The van der Waals surface area contributed by atoms with Gasteiger partial charge < -0.3 is 4.74 Å². The lowest BCUT2D eigenvalue weighted by atomic mass is 9.88. The van der Waals surface area contributed by atoms with E-state index < -0.39 is 74.1 Å². The quantitative estimate of drug-likeness (QED) is 0.113. The number of ether oxygens (including phenoxy) is 1. The average Bonchev–Trinajstić information content (AvgIpc) is 4.10. The van der Waals surface area contributed by atoms with Gasteiger partial charge in [-0.1, -0.05) is 166 Å². The van der Waals surface area contributed by atoms with Crippen molar-refractivity contribution in [1.82, 2.24) is 14.1 Å². The molecule has 8 aromatic carbocycles. The Bertz CT molecular complexity index is 4240. The molecule has 0 fully saturated rings. The molecule has 0 saturated carbocycles. The van der Waals surface area contributed by atoms with Gasteiger partial charge in [-0.3, -0.25) is 13.7 Å². The highest BCUT2D eigenvalue weighted by Crippen LogP contribution is 2.42. The van der Waals surface area contributed by atoms with Crippen molar-refractivity contribution in [1.29, 1.82) is 0 Å². The van der Waals surface area contributed by atoms with E-state index in [0.29, 0.717) is 56.0 Å². The minimum absolute atomic E-state index is 0.0888. The molecule has 0 spiro atoms. The fraction of sp³-hybridized carbons (Fsp3) is 0.100. The van der Waals surface area contributed by atoms with E-state index in [1.165, 1.54) is 18.2 Å². The summed E-state index contributed by atoms with van der Waals surface area (Å²) in [5.74, 6) is 1.28. The smallest absolute Gasteiger partial charge is 0.269 e. The number of hydrogen-bond acceptors (Lipinski definition) is 2. The third kappa shape index (κ3) is 7.06. The number of pyridine rings is 1. The average molecular weight is 857 g/mol. The highest BCUT2D eigenvalue weighted by molar-refractivity contribution is 6.14. The second kappa shape index (κ2) is 16.0. The molecule has 5 nitrogen and oxygen atoms in total. The van der Waals surface area contributed by atoms with Crippen molar-refractivity contribution < 1.29 is 31.2 Å². The number of aryl methyl sites for hydroxylation is 2. The number of para-hydroxylation sites is 4. The molecule has 0 amide bonds. The first-order valence-corrected chi connectivity index (χ1v) is 21.0. The van der Waals surface area contributed by atoms with Crippen LogP contribution in [-0.4, -0.2) is 14.1 Å². The maximum Gasteiger partial charge on any atom is 0.269 e. The topological polar surface area (TPSA) is 35.9 Å². The lowest BCUT2D eigenvalue weighted by Crippen LogP contribution is -2.31. The number of rotatable bonds is 8. The molecule has 65 heavy (non-hydrogen) atoms. The predicted molar refractivity (Wildman–Crippen MR) is 267 cm³/mol. The zero-order chi connectivity index (χ0) is 57.9. The molecule has 11 aromatic rings. The maximum atomic E-state index is 9.05. The fourth-order valence-electron chi connectivity index (χ4n) is 8.60. The summed E-state index contributed by atoms with van der Waals surface area (Å²) < 4.78 is 151. The van der Waals surface area contributed by atoms with E-state index in [2.05, 4.69) is 27.1 Å². The van der Waals surface area contributed by atoms with Gasteiger partial charge in [0.15, 0.2) is 0 Å². The molecule has 0 N–H and O–H groups in total. The largest absolute Gasteiger partial charge is 0.458 e. The summed E-state index contributed by atoms with van der Waals surface area (Å²) in [7, 11) is 0. The minimum atomic E-state index is -2.67. The molecule has 0 radical (unpaired) electrons. The van der Waals surface area contributed by atoms with Crippen molar-refractivity contribution in [2.24, 2.45) is 0 Å². The van der Waals surface area contributed by atoms with E-state index in [9.17, 15) is 0 Å². The predicted octanol–water partition coefficient (Wildman–Crippen LogP) is 14.9. The Hall–Kier alpha value is -8.02. The maximum absolute atomic E-state index is 9.05. The van der Waals surface area contributed by atoms with Crippen molar-refractivity contribution >= 4 is 32.8 Å². The summed E-state index contributed by atoms with van der Waals surface area (Å²) in [6.07, 6.45) is 5.12. The van der Waals surface area contributed by atoms with Crippen LogP contribution in [0.2, 0.25) is 0 Å². The van der Waals surface area contributed by atoms with Crippen molar-refractivity contribution in [2.75, 3.05) is 0 Å². The highest BCUT2D eigenvalue weighted by atomic mass is 16.5. The molecule has 5 heteroatoms. The third-order valence-electron chi connectivity index (χ3n) is 11.6. The number of fused-ring (bicyclic) bond motifs is 4. The van der Waals surface area contributed by atoms with Crippen molar-refractivity contribution in [3.05, 3.63) is 223 Å². The van der Waals surface area contributed by atoms with Crippen LogP contribution < -0.4 is 9.30 Å². The fourth-order valence-corrected chi connectivity index (χ4v) is 8.60. The first kappa shape index (κ1) is 25.9. The monoisotopic (exact) mass is 856 g/mol. The number of nitrogens with zero attached hydrogens (tertiary/aromatic N) is 4. The molecule has 0 aliphatic carbocycles. The summed E-state index contributed by atoms with van der Waals surface area (Å²) in [5, 5.41) is 1.46. The van der Waals surface area contributed by atoms with Gasteiger partial charge in [0, 0.05) is 36.8 Å². The Morgan fingerprint density at radius 3 is 2.00 bits per heavy atom. The summed E-state index contributed by atoms with van der Waals surface area (Å²) in [5.41, 5.74) is 3.70. The Kier molecular flexibility index (Phi) is 6.37. The highest BCUT2D eigenvalue weighted by Gasteiger charge is 2.23. The van der Waals surface area contributed by atoms with E-state index in [0.717, 1.165) is 10.9 Å². The first-order valence-electron chi connectivity index (χ1n) is 29.0. The molecule has 0 aliphatic heterocycles. The van der Waals surface area contributed by atoms with Gasteiger partial charge in [-0.25, -0.2) is 4.98 Å². The van der Waals surface area contributed by atoms with Crippen LogP contribution in [0.1, 0.15) is 59.4 Å². The second-order valence-electron chi connectivity index (χ2n) is 16.7. The Morgan fingerprint density at radius 1 is 0.615 bits per heavy atom. The van der Waals surface area contributed by atoms with Gasteiger partial charge in [-0.2, -0.15) is 0 Å². The van der Waals surface area contributed by atoms with E-state index in [-0.39, 0.29) is 50.0 Å². The van der Waals surface area contributed by atoms with Gasteiger partial charge in [0.05, 0.1) is 47.1 Å². The van der Waals surface area contributed by atoms with Crippen LogP contribution in [0.4, 0.5) is 0 Å². The molecular formula is C60H48N4O. The molecule has 0 aliphatic rings. The first-order chi connectivity index (χ1) is 38.3. The van der Waals surface area contributed by atoms with Crippen LogP contribution in [0.3, 0.4) is 0 Å². The minimum Gasteiger partial charge on any atom is -0.458 e. The van der Waals surface area contributed by atoms with Crippen LogP contribution in [0.15, 0.2) is 200 Å². The normalized spacial score (nSPS) is 15.7. The molecule has 3 heterocycles. The summed E-state index contributed by atoms with van der Waals surface area (Å²) in [6, 6.07) is 32.6. The van der Waals surface area contributed by atoms with Crippen LogP contribution in [0.25, 0.3) is 83.4 Å². The summed E-state index contributed by atoms with van der Waals surface area (Å²) in [6.45, 7) is 0.903. The molecule has 314 valence electrons. The lowest BCUT2D eigenvalue weighted by Gasteiger charge is -2.20. The van der Waals surface area contributed by atoms with E-state index in [1.54, 1.807) is 82.1 Å². The second-order valence-corrected chi connectivity index (χ2v) is 16.7. The van der Waals surface area contributed by atoms with Crippen LogP contribution in [0, 0.1) is 20.0 Å². The zero-order valence-electron chi connectivity index (χ0n) is 51.5. The van der Waals surface area contributed by atoms with E-state index in [4.69, 9.17) is 31.7 Å². The van der Waals surface area contributed by atoms with Crippen LogP contribution >= 0.6 is 0 Å². The van der Waals surface area contributed by atoms with Gasteiger partial charge in [0.2, 0.25) is 0 Å². The number of imidazole rings is 1. The van der Waals surface area contributed by atoms with E-state index in [1.807, 2.05) is 53.1 Å². The van der Waals surface area contributed by atoms with Crippen molar-refractivity contribution in [3.8, 4) is 62.1 Å². The molecule has 0 bridgehead atoms. The number of hydrogen-bond donors (Lipinski definition) is 0. The summed E-state index contributed by atoms with van der Waals surface area (Å²) in [4.78, 5) is 4.87. The number of benzene rings is 8. The molecular weight excluding hydrogens is 793 g/mol. The van der Waals surface area contributed by atoms with Gasteiger partial charge >= 0.3 is 0 Å². The van der Waals surface area contributed by atoms with Gasteiger partial charge in [-0.15, -0.1) is 0 Å². The van der Waals surface area contributed by atoms with E-state index >= 15 is 0 Å². The molecule has 3 aromatic heterocycles. The Labute approximate surface area is 402 Å². The van der Waals surface area contributed by atoms with Gasteiger partial charge in [-0.05, 0) is 106 Å². The van der Waals surface area contributed by atoms with Crippen LogP contribution in [-0.2, 0) is 5.41 Å². The Balaban J connectivity index is 1.11. The molecule has 0 atom stereocenters. The standard InChI is InChI=1S/C60H48N4O/c1-40-18-14-19-41(2)57(40)52-29-17-28-51-50-33-32-47(38-55(50)64(59(51)52)56-36-44(34-35-61-56)60(3,4)5)65-46-25-15-24-45(37-46)62-39-63(54-31-13-12-30-53(54)62)58-48(42-20-8-6-9-21-42)26-16-27-49(58)43-22-10-7-11-23-43/h6-38H,1-5H3/i1D3,2D3,6D,7D,8D,9D,10D,11D,20D,21D,22D,23D. The molecule has 0 saturated heterocycles. The van der Waals surface area contributed by atoms with Crippen LogP contribution in [0.5, 0.6) is 11.5 Å². The van der Waals surface area contributed by atoms with Gasteiger partial charge in [0.1, 0.15) is 17.3 Å². The Morgan fingerprint density at radius 2 is 1.28 bits per heavy atom. The summed E-state index contributed by atoms with van der Waals surface area (Å²) >= 11 is 0.